The van der Waals surface area contributed by atoms with Crippen LogP contribution in [0.3, 0.4) is 0 Å². The molecule has 1 aromatic heterocycles. The molecule has 0 saturated carbocycles. The lowest BCUT2D eigenvalue weighted by atomic mass is 9.98. The first-order valence-corrected chi connectivity index (χ1v) is 11.2. The highest BCUT2D eigenvalue weighted by Gasteiger charge is 2.16. The molecule has 3 aromatic rings. The zero-order chi connectivity index (χ0) is 20.6. The molecule has 0 unspecified atom stereocenters. The van der Waals surface area contributed by atoms with Crippen molar-refractivity contribution in [2.24, 2.45) is 5.92 Å². The summed E-state index contributed by atoms with van der Waals surface area (Å²) in [5.74, 6) is 0.204. The quantitative estimate of drug-likeness (QED) is 0.401. The van der Waals surface area contributed by atoms with Crippen molar-refractivity contribution in [1.29, 1.82) is 0 Å². The molecule has 0 aliphatic carbocycles. The summed E-state index contributed by atoms with van der Waals surface area (Å²) in [4.78, 5) is 17.2. The van der Waals surface area contributed by atoms with Gasteiger partial charge in [-0.1, -0.05) is 56.5 Å². The molecule has 1 amide bonds. The number of rotatable bonds is 9. The van der Waals surface area contributed by atoms with E-state index in [1.165, 1.54) is 5.56 Å². The largest absolute Gasteiger partial charge is 0.332 e. The standard InChI is InChI=1S/C24H29N3OS/c1-4-6-7-18(5-2)23(28)25-20-14-10-19(11-15-20)22-16-29-24(27-22)26-21-12-8-17(3)9-13-21/h8-16,18H,4-7H2,1-3H3,(H,25,28)(H,26,27)/t18-/m1/s1. The first-order chi connectivity index (χ1) is 14.1. The number of aromatic nitrogens is 1. The fourth-order valence-electron chi connectivity index (χ4n) is 3.16. The van der Waals surface area contributed by atoms with E-state index >= 15 is 0 Å². The molecule has 2 N–H and O–H groups in total. The van der Waals surface area contributed by atoms with Crippen LogP contribution in [-0.2, 0) is 4.79 Å². The second-order valence-electron chi connectivity index (χ2n) is 7.34. The van der Waals surface area contributed by atoms with Crippen LogP contribution in [0.1, 0.15) is 45.1 Å². The van der Waals surface area contributed by atoms with E-state index in [1.807, 2.05) is 29.6 Å². The number of thiazole rings is 1. The Morgan fingerprint density at radius 3 is 2.38 bits per heavy atom. The average molecular weight is 408 g/mol. The lowest BCUT2D eigenvalue weighted by Crippen LogP contribution is -2.22. The van der Waals surface area contributed by atoms with Crippen LogP contribution in [-0.4, -0.2) is 10.9 Å². The van der Waals surface area contributed by atoms with E-state index in [2.05, 4.69) is 60.7 Å². The summed E-state index contributed by atoms with van der Waals surface area (Å²) in [7, 11) is 0. The molecule has 3 rings (SSSR count). The highest BCUT2D eigenvalue weighted by molar-refractivity contribution is 7.14. The number of benzene rings is 2. The van der Waals surface area contributed by atoms with Crippen molar-refractivity contribution >= 4 is 33.8 Å². The number of nitrogens with zero attached hydrogens (tertiary/aromatic N) is 1. The maximum absolute atomic E-state index is 12.5. The summed E-state index contributed by atoms with van der Waals surface area (Å²) in [6, 6.07) is 16.2. The maximum atomic E-state index is 12.5. The summed E-state index contributed by atoms with van der Waals surface area (Å²) in [5, 5.41) is 9.31. The molecular formula is C24H29N3OS. The van der Waals surface area contributed by atoms with Crippen LogP contribution in [0, 0.1) is 12.8 Å². The van der Waals surface area contributed by atoms with E-state index in [9.17, 15) is 4.79 Å². The van der Waals surface area contributed by atoms with Crippen molar-refractivity contribution in [3.8, 4) is 11.3 Å². The van der Waals surface area contributed by atoms with Crippen LogP contribution in [0.15, 0.2) is 53.9 Å². The highest BCUT2D eigenvalue weighted by Crippen LogP contribution is 2.28. The monoisotopic (exact) mass is 407 g/mol. The van der Waals surface area contributed by atoms with Crippen LogP contribution in [0.4, 0.5) is 16.5 Å². The van der Waals surface area contributed by atoms with Crippen LogP contribution < -0.4 is 10.6 Å². The van der Waals surface area contributed by atoms with Gasteiger partial charge in [-0.2, -0.15) is 0 Å². The topological polar surface area (TPSA) is 54.0 Å². The third-order valence-corrected chi connectivity index (χ3v) is 5.78. The zero-order valence-corrected chi connectivity index (χ0v) is 18.2. The van der Waals surface area contributed by atoms with Crippen LogP contribution in [0.5, 0.6) is 0 Å². The molecule has 5 heteroatoms. The Bertz CT molecular complexity index is 916. The zero-order valence-electron chi connectivity index (χ0n) is 17.4. The molecule has 0 spiro atoms. The predicted molar refractivity (Wildman–Crippen MR) is 124 cm³/mol. The summed E-state index contributed by atoms with van der Waals surface area (Å²) in [6.07, 6.45) is 4.03. The second kappa shape index (κ2) is 10.2. The average Bonchev–Trinajstić information content (AvgIpc) is 3.19. The van der Waals surface area contributed by atoms with Crippen LogP contribution in [0.2, 0.25) is 0 Å². The number of hydrogen-bond donors (Lipinski definition) is 2. The first kappa shape index (κ1) is 21.1. The fraction of sp³-hybridized carbons (Fsp3) is 0.333. The van der Waals surface area contributed by atoms with E-state index < -0.39 is 0 Å². The predicted octanol–water partition coefficient (Wildman–Crippen LogP) is 7.02. The number of anilines is 3. The van der Waals surface area contributed by atoms with Gasteiger partial charge in [0.25, 0.3) is 0 Å². The number of hydrogen-bond acceptors (Lipinski definition) is 4. The van der Waals surface area contributed by atoms with Gasteiger partial charge in [-0.05, 0) is 44.0 Å². The Morgan fingerprint density at radius 2 is 1.72 bits per heavy atom. The summed E-state index contributed by atoms with van der Waals surface area (Å²) in [6.45, 7) is 6.31. The minimum Gasteiger partial charge on any atom is -0.332 e. The molecule has 4 nitrogen and oxygen atoms in total. The van der Waals surface area contributed by atoms with Crippen molar-refractivity contribution in [1.82, 2.24) is 4.98 Å². The molecule has 29 heavy (non-hydrogen) atoms. The van der Waals surface area contributed by atoms with Gasteiger partial charge in [-0.15, -0.1) is 11.3 Å². The number of unbranched alkanes of at least 4 members (excludes halogenated alkanes) is 1. The number of nitrogens with one attached hydrogen (secondary N) is 2. The lowest BCUT2D eigenvalue weighted by Gasteiger charge is -2.14. The molecule has 0 radical (unpaired) electrons. The lowest BCUT2D eigenvalue weighted by molar-refractivity contribution is -0.120. The van der Waals surface area contributed by atoms with E-state index in [-0.39, 0.29) is 11.8 Å². The Kier molecular flexibility index (Phi) is 7.42. The molecule has 2 aromatic carbocycles. The number of amides is 1. The van der Waals surface area contributed by atoms with Gasteiger partial charge in [0.05, 0.1) is 5.69 Å². The molecule has 1 heterocycles. The van der Waals surface area contributed by atoms with Crippen molar-refractivity contribution in [3.05, 3.63) is 59.5 Å². The van der Waals surface area contributed by atoms with Crippen molar-refractivity contribution in [2.45, 2.75) is 46.5 Å². The van der Waals surface area contributed by atoms with Crippen molar-refractivity contribution < 1.29 is 4.79 Å². The van der Waals surface area contributed by atoms with E-state index in [4.69, 9.17) is 0 Å². The molecule has 0 aliphatic heterocycles. The molecule has 0 fully saturated rings. The van der Waals surface area contributed by atoms with E-state index in [0.717, 1.165) is 53.4 Å². The summed E-state index contributed by atoms with van der Waals surface area (Å²) >= 11 is 1.58. The van der Waals surface area contributed by atoms with Gasteiger partial charge < -0.3 is 10.6 Å². The maximum Gasteiger partial charge on any atom is 0.227 e. The van der Waals surface area contributed by atoms with Crippen LogP contribution >= 0.6 is 11.3 Å². The number of carbonyl (C=O) groups excluding carboxylic acids is 1. The van der Waals surface area contributed by atoms with Gasteiger partial charge in [0.2, 0.25) is 5.91 Å². The Hall–Kier alpha value is -2.66. The second-order valence-corrected chi connectivity index (χ2v) is 8.20. The molecule has 152 valence electrons. The Balaban J connectivity index is 1.62. The van der Waals surface area contributed by atoms with Crippen molar-refractivity contribution in [3.63, 3.8) is 0 Å². The number of aryl methyl sites for hydroxylation is 1. The van der Waals surface area contributed by atoms with Gasteiger partial charge in [-0.25, -0.2) is 4.98 Å². The van der Waals surface area contributed by atoms with Gasteiger partial charge in [0, 0.05) is 28.2 Å². The third-order valence-electron chi connectivity index (χ3n) is 5.02. The first-order valence-electron chi connectivity index (χ1n) is 10.3. The third kappa shape index (κ3) is 5.91. The van der Waals surface area contributed by atoms with Gasteiger partial charge in [0.15, 0.2) is 5.13 Å². The highest BCUT2D eigenvalue weighted by atomic mass is 32.1. The molecule has 0 bridgehead atoms. The molecule has 0 saturated heterocycles. The SMILES string of the molecule is CCCC[C@@H](CC)C(=O)Nc1ccc(-c2csc(Nc3ccc(C)cc3)n2)cc1. The molecule has 0 aliphatic rings. The Labute approximate surface area is 177 Å². The van der Waals surface area contributed by atoms with Crippen LogP contribution in [0.25, 0.3) is 11.3 Å². The van der Waals surface area contributed by atoms with Crippen molar-refractivity contribution in [2.75, 3.05) is 10.6 Å². The summed E-state index contributed by atoms with van der Waals surface area (Å²) in [5.41, 5.74) is 5.06. The Morgan fingerprint density at radius 1 is 1.03 bits per heavy atom. The van der Waals surface area contributed by atoms with Gasteiger partial charge in [0.1, 0.15) is 0 Å². The van der Waals surface area contributed by atoms with E-state index in [0.29, 0.717) is 0 Å². The summed E-state index contributed by atoms with van der Waals surface area (Å²) < 4.78 is 0. The van der Waals surface area contributed by atoms with Gasteiger partial charge in [-0.3, -0.25) is 4.79 Å². The minimum absolute atomic E-state index is 0.0866. The van der Waals surface area contributed by atoms with E-state index in [1.54, 1.807) is 11.3 Å². The minimum atomic E-state index is 0.0866. The fourth-order valence-corrected chi connectivity index (χ4v) is 3.90. The normalized spacial score (nSPS) is 11.8. The van der Waals surface area contributed by atoms with Gasteiger partial charge >= 0.3 is 0 Å². The molecule has 1 atom stereocenters. The smallest absolute Gasteiger partial charge is 0.227 e. The molecular weight excluding hydrogens is 378 g/mol. The number of carbonyl (C=O) groups is 1.